The molecule has 7 nitrogen and oxygen atoms in total. The largest absolute Gasteiger partial charge is 0.490 e. The van der Waals surface area contributed by atoms with Gasteiger partial charge in [0.2, 0.25) is 0 Å². The van der Waals surface area contributed by atoms with Gasteiger partial charge >= 0.3 is 12.1 Å². The number of carboxylic acid groups (broad SMARTS) is 1. The van der Waals surface area contributed by atoms with Crippen LogP contribution in [0.3, 0.4) is 0 Å². The zero-order valence-corrected chi connectivity index (χ0v) is 17.4. The van der Waals surface area contributed by atoms with Gasteiger partial charge in [0.1, 0.15) is 11.0 Å². The molecule has 4 rings (SSSR count). The molecule has 31 heavy (non-hydrogen) atoms. The van der Waals surface area contributed by atoms with Crippen LogP contribution in [-0.4, -0.2) is 42.6 Å². The fraction of sp³-hybridized carbons (Fsp3) is 0.350. The first-order valence-corrected chi connectivity index (χ1v) is 9.87. The number of para-hydroxylation sites is 1. The maximum atomic E-state index is 10.6. The minimum absolute atomic E-state index is 0.433. The summed E-state index contributed by atoms with van der Waals surface area (Å²) >= 11 is 6.51. The van der Waals surface area contributed by atoms with E-state index in [-0.39, 0.29) is 0 Å². The maximum absolute atomic E-state index is 10.6. The molecule has 1 aromatic carbocycles. The topological polar surface area (TPSA) is 85.0 Å². The molecule has 2 N–H and O–H groups in total. The summed E-state index contributed by atoms with van der Waals surface area (Å²) in [5.74, 6) is -1.56. The predicted molar refractivity (Wildman–Crippen MR) is 108 cm³/mol. The van der Waals surface area contributed by atoms with Crippen LogP contribution >= 0.6 is 11.6 Å². The summed E-state index contributed by atoms with van der Waals surface area (Å²) in [5, 5.41) is 15.8. The van der Waals surface area contributed by atoms with Crippen LogP contribution in [-0.2, 0) is 24.3 Å². The Kier molecular flexibility index (Phi) is 7.01. The molecule has 0 aliphatic carbocycles. The number of imidazole rings is 1. The van der Waals surface area contributed by atoms with Gasteiger partial charge in [0.05, 0.1) is 17.6 Å². The number of fused-ring (bicyclic) bond motifs is 1. The zero-order valence-electron chi connectivity index (χ0n) is 16.6. The lowest BCUT2D eigenvalue weighted by Crippen LogP contribution is -2.36. The van der Waals surface area contributed by atoms with Gasteiger partial charge in [-0.1, -0.05) is 29.8 Å². The van der Waals surface area contributed by atoms with Crippen LogP contribution in [0.5, 0.6) is 0 Å². The summed E-state index contributed by atoms with van der Waals surface area (Å²) in [4.78, 5) is 13.5. The third-order valence-electron chi connectivity index (χ3n) is 4.72. The van der Waals surface area contributed by atoms with Crippen molar-refractivity contribution in [2.75, 3.05) is 0 Å². The SMILES string of the molecule is Cc1cn2c(n1)CCC(NCc1cnn(-c3ccccc3)c1Cl)C2.O=C(O)C(F)(F)F. The van der Waals surface area contributed by atoms with Gasteiger partial charge in [-0.2, -0.15) is 18.3 Å². The number of nitrogens with zero attached hydrogens (tertiary/aromatic N) is 4. The van der Waals surface area contributed by atoms with Crippen LogP contribution in [0.4, 0.5) is 13.2 Å². The third kappa shape index (κ3) is 5.86. The Hall–Kier alpha value is -2.85. The highest BCUT2D eigenvalue weighted by Gasteiger charge is 2.38. The molecule has 0 fully saturated rings. The molecule has 0 amide bonds. The molecule has 1 unspecified atom stereocenters. The van der Waals surface area contributed by atoms with E-state index in [1.54, 1.807) is 4.68 Å². The van der Waals surface area contributed by atoms with Crippen molar-refractivity contribution in [3.05, 3.63) is 65.0 Å². The van der Waals surface area contributed by atoms with E-state index in [1.165, 1.54) is 5.82 Å². The zero-order chi connectivity index (χ0) is 22.6. The molecule has 11 heteroatoms. The second-order valence-electron chi connectivity index (χ2n) is 7.08. The second-order valence-corrected chi connectivity index (χ2v) is 7.44. The Morgan fingerprint density at radius 1 is 1.32 bits per heavy atom. The number of aliphatic carboxylic acids is 1. The molecule has 0 spiro atoms. The molecule has 1 aliphatic rings. The quantitative estimate of drug-likeness (QED) is 0.625. The fourth-order valence-electron chi connectivity index (χ4n) is 3.24. The number of benzene rings is 1. The summed E-state index contributed by atoms with van der Waals surface area (Å²) in [5.41, 5.74) is 3.09. The summed E-state index contributed by atoms with van der Waals surface area (Å²) in [6.45, 7) is 3.73. The number of halogens is 4. The van der Waals surface area contributed by atoms with Gasteiger partial charge in [0, 0.05) is 37.3 Å². The number of rotatable bonds is 4. The summed E-state index contributed by atoms with van der Waals surface area (Å²) in [6.07, 6.45) is 1.00. The fourth-order valence-corrected chi connectivity index (χ4v) is 3.50. The molecule has 0 bridgehead atoms. The monoisotopic (exact) mass is 455 g/mol. The number of hydrogen-bond acceptors (Lipinski definition) is 4. The van der Waals surface area contributed by atoms with E-state index >= 15 is 0 Å². The van der Waals surface area contributed by atoms with Crippen molar-refractivity contribution in [1.82, 2.24) is 24.6 Å². The molecule has 0 saturated carbocycles. The van der Waals surface area contributed by atoms with Gasteiger partial charge in [0.15, 0.2) is 0 Å². The number of alkyl halides is 3. The van der Waals surface area contributed by atoms with E-state index in [2.05, 4.69) is 26.2 Å². The van der Waals surface area contributed by atoms with Crippen LogP contribution in [0.15, 0.2) is 42.7 Å². The highest BCUT2D eigenvalue weighted by molar-refractivity contribution is 6.30. The summed E-state index contributed by atoms with van der Waals surface area (Å²) in [6, 6.07) is 10.4. The van der Waals surface area contributed by atoms with Crippen molar-refractivity contribution in [1.29, 1.82) is 0 Å². The molecule has 2 aromatic heterocycles. The van der Waals surface area contributed by atoms with Gasteiger partial charge in [-0.3, -0.25) is 0 Å². The average molecular weight is 456 g/mol. The molecule has 0 radical (unpaired) electrons. The number of aryl methyl sites for hydroxylation is 2. The molecule has 166 valence electrons. The standard InChI is InChI=1S/C18H20ClN5.C2HF3O2/c1-13-11-23-12-15(7-8-17(23)22-13)20-9-14-10-21-24(18(14)19)16-5-3-2-4-6-16;3-2(4,5)1(6)7/h2-6,10-11,15,20H,7-9,12H2,1H3;(H,6,7). The molecule has 3 heterocycles. The Morgan fingerprint density at radius 3 is 2.65 bits per heavy atom. The summed E-state index contributed by atoms with van der Waals surface area (Å²) in [7, 11) is 0. The highest BCUT2D eigenvalue weighted by atomic mass is 35.5. The Balaban J connectivity index is 0.000000339. The minimum Gasteiger partial charge on any atom is -0.475 e. The van der Waals surface area contributed by atoms with E-state index in [0.717, 1.165) is 42.9 Å². The Bertz CT molecular complexity index is 1030. The molecule has 1 atom stereocenters. The van der Waals surface area contributed by atoms with E-state index in [9.17, 15) is 13.2 Å². The van der Waals surface area contributed by atoms with Crippen molar-refractivity contribution >= 4 is 17.6 Å². The van der Waals surface area contributed by atoms with Gasteiger partial charge in [-0.25, -0.2) is 14.5 Å². The van der Waals surface area contributed by atoms with Crippen LogP contribution < -0.4 is 5.32 Å². The number of carbonyl (C=O) groups is 1. The Labute approximate surface area is 181 Å². The van der Waals surface area contributed by atoms with Gasteiger partial charge in [-0.05, 0) is 25.5 Å². The molecule has 0 saturated heterocycles. The maximum Gasteiger partial charge on any atom is 0.490 e. The highest BCUT2D eigenvalue weighted by Crippen LogP contribution is 2.21. The normalized spacial score (nSPS) is 15.7. The van der Waals surface area contributed by atoms with E-state index in [4.69, 9.17) is 21.5 Å². The van der Waals surface area contributed by atoms with Crippen molar-refractivity contribution < 1.29 is 23.1 Å². The van der Waals surface area contributed by atoms with E-state index in [0.29, 0.717) is 11.2 Å². The Morgan fingerprint density at radius 2 is 2.00 bits per heavy atom. The predicted octanol–water partition coefficient (Wildman–Crippen LogP) is 3.77. The van der Waals surface area contributed by atoms with Crippen molar-refractivity contribution in [3.63, 3.8) is 0 Å². The molecule has 3 aromatic rings. The van der Waals surface area contributed by atoms with Gasteiger partial charge in [0.25, 0.3) is 0 Å². The number of carboxylic acids is 1. The molecule has 1 aliphatic heterocycles. The molecular weight excluding hydrogens is 435 g/mol. The lowest BCUT2D eigenvalue weighted by molar-refractivity contribution is -0.192. The third-order valence-corrected chi connectivity index (χ3v) is 5.12. The number of hydrogen-bond donors (Lipinski definition) is 2. The van der Waals surface area contributed by atoms with Gasteiger partial charge in [-0.15, -0.1) is 0 Å². The van der Waals surface area contributed by atoms with Gasteiger partial charge < -0.3 is 15.0 Å². The lowest BCUT2D eigenvalue weighted by Gasteiger charge is -2.24. The van der Waals surface area contributed by atoms with Crippen LogP contribution in [0.25, 0.3) is 5.69 Å². The first kappa shape index (κ1) is 22.8. The molecular formula is C20H21ClF3N5O2. The number of nitrogens with one attached hydrogen (secondary N) is 1. The number of aromatic nitrogens is 4. The van der Waals surface area contributed by atoms with Crippen molar-refractivity contribution in [3.8, 4) is 5.69 Å². The van der Waals surface area contributed by atoms with Crippen molar-refractivity contribution in [2.24, 2.45) is 0 Å². The van der Waals surface area contributed by atoms with E-state index in [1.807, 2.05) is 43.5 Å². The van der Waals surface area contributed by atoms with Crippen LogP contribution in [0.1, 0.15) is 23.5 Å². The second kappa shape index (κ2) is 9.52. The lowest BCUT2D eigenvalue weighted by atomic mass is 10.1. The van der Waals surface area contributed by atoms with E-state index < -0.39 is 12.1 Å². The van der Waals surface area contributed by atoms with Crippen LogP contribution in [0.2, 0.25) is 5.15 Å². The summed E-state index contributed by atoms with van der Waals surface area (Å²) < 4.78 is 35.8. The minimum atomic E-state index is -5.08. The first-order valence-electron chi connectivity index (χ1n) is 9.49. The van der Waals surface area contributed by atoms with Crippen molar-refractivity contribution in [2.45, 2.75) is 45.1 Å². The smallest absolute Gasteiger partial charge is 0.475 e. The average Bonchev–Trinajstić information content (AvgIpc) is 3.27. The van der Waals surface area contributed by atoms with Crippen LogP contribution in [0, 0.1) is 6.92 Å². The first-order chi connectivity index (χ1) is 14.6.